The van der Waals surface area contributed by atoms with Crippen LogP contribution in [0.25, 0.3) is 61.0 Å². The summed E-state index contributed by atoms with van der Waals surface area (Å²) in [5, 5.41) is 2.15. The molecule has 0 atom stereocenters. The number of fused-ring (bicyclic) bond motifs is 4. The topological polar surface area (TPSA) is 33.5 Å². The van der Waals surface area contributed by atoms with Crippen LogP contribution in [0.2, 0.25) is 0 Å². The zero-order chi connectivity index (χ0) is 49.3. The number of ether oxygens (including phenoxy) is 1. The summed E-state index contributed by atoms with van der Waals surface area (Å²) in [4.78, 5) is 9.24. The standard InChI is InChI=1S/C64H53F2N4O.Pt/c1-40-14-13-15-41(2)61(40)44-32-49(37-51(33-44)71-50-28-29-53-52-16-9-10-17-56(52)70(59(53)38-50)60-36-45(30-31-67-60)63(3,4)5)68-39-69(58-19-12-11-18-57(58)68)62-54(42-20-24-47(65)25-21-42)34-46(64(6,7)8)35-55(62)43-22-26-48(66)27-23-43;/h9-36,39H,1-8H3;/q-3;. The summed E-state index contributed by atoms with van der Waals surface area (Å²) in [6.07, 6.45) is 1.88. The van der Waals surface area contributed by atoms with E-state index in [1.807, 2.05) is 48.7 Å². The molecule has 3 heterocycles. The number of anilines is 4. The van der Waals surface area contributed by atoms with Gasteiger partial charge < -0.3 is 19.1 Å². The average molecular weight is 1130 g/mol. The van der Waals surface area contributed by atoms with E-state index in [1.54, 1.807) is 0 Å². The molecule has 0 radical (unpaired) electrons. The molecule has 1 aliphatic heterocycles. The average Bonchev–Trinajstić information content (AvgIpc) is 3.89. The number of benzene rings is 8. The normalized spacial score (nSPS) is 12.6. The van der Waals surface area contributed by atoms with E-state index in [-0.39, 0.29) is 43.5 Å². The molecule has 5 nitrogen and oxygen atoms in total. The molecule has 2 aromatic heterocycles. The number of halogens is 2. The molecule has 0 saturated heterocycles. The molecule has 8 aromatic carbocycles. The third kappa shape index (κ3) is 8.89. The fourth-order valence-electron chi connectivity index (χ4n) is 9.93. The van der Waals surface area contributed by atoms with Crippen LogP contribution in [-0.4, -0.2) is 9.55 Å². The molecule has 362 valence electrons. The number of pyridine rings is 1. The van der Waals surface area contributed by atoms with Crippen molar-refractivity contribution in [3.05, 3.63) is 223 Å². The smallest absolute Gasteiger partial charge is 0.135 e. The van der Waals surface area contributed by atoms with Crippen molar-refractivity contribution in [2.24, 2.45) is 0 Å². The van der Waals surface area contributed by atoms with E-state index in [2.05, 4.69) is 186 Å². The molecule has 8 heteroatoms. The van der Waals surface area contributed by atoms with E-state index >= 15 is 0 Å². The maximum atomic E-state index is 14.6. The zero-order valence-corrected chi connectivity index (χ0v) is 43.8. The fourth-order valence-corrected chi connectivity index (χ4v) is 9.93. The Labute approximate surface area is 435 Å². The van der Waals surface area contributed by atoms with E-state index in [0.29, 0.717) is 11.5 Å². The summed E-state index contributed by atoms with van der Waals surface area (Å²) in [5.74, 6) is 1.24. The van der Waals surface area contributed by atoms with Crippen LogP contribution >= 0.6 is 0 Å². The van der Waals surface area contributed by atoms with Crippen molar-refractivity contribution in [1.29, 1.82) is 0 Å². The molecule has 1 aliphatic rings. The Balaban J connectivity index is 0.00000596. The van der Waals surface area contributed by atoms with Gasteiger partial charge in [-0.1, -0.05) is 120 Å². The molecule has 0 amide bonds. The van der Waals surface area contributed by atoms with Crippen LogP contribution in [0, 0.1) is 44.3 Å². The van der Waals surface area contributed by atoms with Gasteiger partial charge in [0.25, 0.3) is 0 Å². The van der Waals surface area contributed by atoms with Gasteiger partial charge in [-0.25, -0.2) is 13.8 Å². The zero-order valence-electron chi connectivity index (χ0n) is 41.5. The Hall–Kier alpha value is -7.34. The Kier molecular flexibility index (Phi) is 12.5. The summed E-state index contributed by atoms with van der Waals surface area (Å²) >= 11 is 0. The first-order chi connectivity index (χ1) is 34.1. The van der Waals surface area contributed by atoms with E-state index in [4.69, 9.17) is 9.72 Å². The van der Waals surface area contributed by atoms with Crippen molar-refractivity contribution in [2.45, 2.75) is 66.2 Å². The SMILES string of the molecule is Cc1cccc(C)c1-c1cc(Oc2[c-]c3c(cc2)c2ccccc2n3-c2cc(C(C)(C)C)ccn2)[c-]c(N2[CH-]N(c3c(-c4ccc(F)cc4)cc(C(C)(C)C)cc3-c3ccc(F)cc3)c3ccccc32)c1.[Pt]. The third-order valence-electron chi connectivity index (χ3n) is 13.6. The number of aryl methyl sites for hydroxylation is 2. The summed E-state index contributed by atoms with van der Waals surface area (Å²) in [6.45, 7) is 19.5. The molecule has 72 heavy (non-hydrogen) atoms. The Morgan fingerprint density at radius 3 is 1.76 bits per heavy atom. The van der Waals surface area contributed by atoms with E-state index < -0.39 is 0 Å². The molecule has 0 spiro atoms. The second kappa shape index (κ2) is 18.7. The van der Waals surface area contributed by atoms with E-state index in [1.165, 1.54) is 29.8 Å². The molecule has 0 fully saturated rings. The minimum absolute atomic E-state index is 0. The molecule has 10 aromatic rings. The molecule has 0 aliphatic carbocycles. The van der Waals surface area contributed by atoms with Crippen LogP contribution in [0.15, 0.2) is 170 Å². The van der Waals surface area contributed by atoms with Crippen molar-refractivity contribution < 1.29 is 34.6 Å². The van der Waals surface area contributed by atoms with E-state index in [0.717, 1.165) is 100 Å². The Morgan fingerprint density at radius 2 is 1.14 bits per heavy atom. The summed E-state index contributed by atoms with van der Waals surface area (Å²) in [6, 6.07) is 60.7. The number of hydrogen-bond acceptors (Lipinski definition) is 4. The van der Waals surface area contributed by atoms with E-state index in [9.17, 15) is 8.78 Å². The van der Waals surface area contributed by atoms with Gasteiger partial charge in [0.2, 0.25) is 0 Å². The van der Waals surface area contributed by atoms with Gasteiger partial charge in [0, 0.05) is 72.5 Å². The maximum absolute atomic E-state index is 14.6. The number of aromatic nitrogens is 2. The number of hydrogen-bond donors (Lipinski definition) is 0. The van der Waals surface area contributed by atoms with Crippen LogP contribution in [0.5, 0.6) is 11.5 Å². The van der Waals surface area contributed by atoms with Crippen LogP contribution in [0.4, 0.5) is 31.5 Å². The number of nitrogens with zero attached hydrogens (tertiary/aromatic N) is 4. The molecule has 0 unspecified atom stereocenters. The fraction of sp³-hybridized carbons (Fsp3) is 0.156. The minimum Gasteiger partial charge on any atom is -0.509 e. The summed E-state index contributed by atoms with van der Waals surface area (Å²) < 4.78 is 38.4. The van der Waals surface area contributed by atoms with Gasteiger partial charge in [-0.15, -0.1) is 53.6 Å². The largest absolute Gasteiger partial charge is 0.509 e. The second-order valence-electron chi connectivity index (χ2n) is 20.6. The first-order valence-electron chi connectivity index (χ1n) is 24.1. The van der Waals surface area contributed by atoms with Crippen molar-refractivity contribution in [1.82, 2.24) is 9.55 Å². The van der Waals surface area contributed by atoms with Gasteiger partial charge in [0.15, 0.2) is 0 Å². The van der Waals surface area contributed by atoms with Crippen molar-refractivity contribution in [3.63, 3.8) is 0 Å². The summed E-state index contributed by atoms with van der Waals surface area (Å²) in [5.41, 5.74) is 15.2. The van der Waals surface area contributed by atoms with Gasteiger partial charge >= 0.3 is 0 Å². The van der Waals surface area contributed by atoms with Crippen LogP contribution < -0.4 is 14.5 Å². The van der Waals surface area contributed by atoms with Crippen LogP contribution in [0.3, 0.4) is 0 Å². The third-order valence-corrected chi connectivity index (χ3v) is 13.6. The quantitative estimate of drug-likeness (QED) is 0.142. The first-order valence-corrected chi connectivity index (χ1v) is 24.1. The van der Waals surface area contributed by atoms with Gasteiger partial charge in [0.1, 0.15) is 17.5 Å². The van der Waals surface area contributed by atoms with Crippen LogP contribution in [0.1, 0.15) is 63.8 Å². The minimum atomic E-state index is -0.314. The van der Waals surface area contributed by atoms with Gasteiger partial charge in [-0.05, 0) is 136 Å². The molecule has 0 saturated carbocycles. The van der Waals surface area contributed by atoms with Crippen molar-refractivity contribution >= 4 is 44.6 Å². The number of para-hydroxylation sites is 3. The van der Waals surface area contributed by atoms with Gasteiger partial charge in [-0.2, -0.15) is 6.07 Å². The van der Waals surface area contributed by atoms with Crippen molar-refractivity contribution in [2.75, 3.05) is 9.80 Å². The van der Waals surface area contributed by atoms with Gasteiger partial charge in [0.05, 0.1) is 0 Å². The molecular weight excluding hydrogens is 1070 g/mol. The Bertz CT molecular complexity index is 3590. The summed E-state index contributed by atoms with van der Waals surface area (Å²) in [7, 11) is 0. The van der Waals surface area contributed by atoms with Crippen molar-refractivity contribution in [3.8, 4) is 50.7 Å². The molecule has 11 rings (SSSR count). The predicted molar refractivity (Wildman–Crippen MR) is 287 cm³/mol. The van der Waals surface area contributed by atoms with Crippen LogP contribution in [-0.2, 0) is 31.9 Å². The molecule has 0 bridgehead atoms. The Morgan fingerprint density at radius 1 is 0.542 bits per heavy atom. The molecule has 0 N–H and O–H groups in total. The second-order valence-corrected chi connectivity index (χ2v) is 20.6. The monoisotopic (exact) mass is 1130 g/mol. The predicted octanol–water partition coefficient (Wildman–Crippen LogP) is 17.5. The maximum Gasteiger partial charge on any atom is 0.135 e. The number of rotatable bonds is 8. The van der Waals surface area contributed by atoms with Gasteiger partial charge in [-0.3, -0.25) is 0 Å². The molecular formula is C64H53F2N4OPt-3. The first kappa shape index (κ1) is 48.3.